The number of rotatable bonds is 18. The second kappa shape index (κ2) is 18.3. The van der Waals surface area contributed by atoms with Crippen LogP contribution in [0.4, 0.5) is 0 Å². The highest BCUT2D eigenvalue weighted by atomic mass is 17.3. The lowest BCUT2D eigenvalue weighted by atomic mass is 9.56. The molecule has 338 valence electrons. The second-order valence-corrected chi connectivity index (χ2v) is 22.1. The van der Waals surface area contributed by atoms with Crippen molar-refractivity contribution in [2.45, 2.75) is 238 Å². The fourth-order valence-electron chi connectivity index (χ4n) is 13.8. The van der Waals surface area contributed by atoms with Crippen molar-refractivity contribution in [2.75, 3.05) is 6.54 Å². The molecule has 59 heavy (non-hydrogen) atoms. The smallest absolute Gasteiger partial charge is 0.223 e. The predicted octanol–water partition coefficient (Wildman–Crippen LogP) is 10.9. The van der Waals surface area contributed by atoms with Crippen LogP contribution in [0.25, 0.3) is 0 Å². The van der Waals surface area contributed by atoms with Crippen LogP contribution in [0, 0.1) is 59.2 Å². The first-order valence-electron chi connectivity index (χ1n) is 25.0. The minimum Gasteiger partial charge on any atom is -0.356 e. The van der Waals surface area contributed by atoms with Gasteiger partial charge in [0.2, 0.25) is 17.5 Å². The quantitative estimate of drug-likeness (QED) is 0.107. The van der Waals surface area contributed by atoms with Crippen molar-refractivity contribution < 1.29 is 43.3 Å². The summed E-state index contributed by atoms with van der Waals surface area (Å²) in [6.07, 6.45) is 22.1. The second-order valence-electron chi connectivity index (χ2n) is 22.1. The highest BCUT2D eigenvalue weighted by molar-refractivity contribution is 5.78. The maximum Gasteiger partial charge on any atom is 0.223 e. The van der Waals surface area contributed by atoms with Gasteiger partial charge >= 0.3 is 0 Å². The maximum atomic E-state index is 14.6. The number of fused-ring (bicyclic) bond motifs is 4. The minimum absolute atomic E-state index is 0.115. The largest absolute Gasteiger partial charge is 0.356 e. The number of hydrogen-bond acceptors (Lipinski definition) is 9. The van der Waals surface area contributed by atoms with Crippen molar-refractivity contribution >= 4 is 5.91 Å². The summed E-state index contributed by atoms with van der Waals surface area (Å²) >= 11 is 0. The number of carbonyl (C=O) groups is 1. The molecule has 8 aliphatic heterocycles. The van der Waals surface area contributed by atoms with Crippen molar-refractivity contribution in [2.24, 2.45) is 59.2 Å². The molecule has 10 fully saturated rings. The number of amides is 1. The van der Waals surface area contributed by atoms with Gasteiger partial charge in [0.1, 0.15) is 0 Å². The van der Waals surface area contributed by atoms with Crippen molar-refractivity contribution in [3.8, 4) is 0 Å². The highest BCUT2D eigenvalue weighted by Gasteiger charge is 2.71. The third kappa shape index (κ3) is 8.72. The molecule has 8 heterocycles. The van der Waals surface area contributed by atoms with Crippen LogP contribution < -0.4 is 5.32 Å². The molecule has 10 nitrogen and oxygen atoms in total. The predicted molar refractivity (Wildman–Crippen MR) is 225 cm³/mol. The average Bonchev–Trinajstić information content (AvgIpc) is 3.58. The molecule has 4 bridgehead atoms. The molecular formula is C49H83NO9. The van der Waals surface area contributed by atoms with E-state index in [-0.39, 0.29) is 47.7 Å². The van der Waals surface area contributed by atoms with Crippen LogP contribution in [0.15, 0.2) is 0 Å². The summed E-state index contributed by atoms with van der Waals surface area (Å²) in [6.45, 7) is 18.7. The Morgan fingerprint density at radius 3 is 1.47 bits per heavy atom. The summed E-state index contributed by atoms with van der Waals surface area (Å²) in [5.41, 5.74) is -1.24. The van der Waals surface area contributed by atoms with Gasteiger partial charge in [-0.05, 0) is 113 Å². The standard InChI is InChI=1S/C49H83NO9/c1-31(2)19-17-15-13-11-9-10-12-14-16-18-28-50-43(51)36(29-41-34(5)39-22-20-32(3)37-24-26-46(7)54-44(52-41)48(37,39)58-56-46)30-42-35(6)40-23-21-33(4)38-25-27-47(8)55-45(53-42)49(38,40)59-57-47/h31-42,44-45H,9-30H2,1-8H3,(H,50,51)/t32-,33-,34-,35-,37+,38+,39+,40+,41-,42-,44-,45-,46+,47+,48-,49-/m1/s1. The van der Waals surface area contributed by atoms with E-state index in [9.17, 15) is 4.79 Å². The lowest BCUT2D eigenvalue weighted by molar-refractivity contribution is -0.571. The van der Waals surface area contributed by atoms with Gasteiger partial charge in [0, 0.05) is 37.1 Å². The van der Waals surface area contributed by atoms with Gasteiger partial charge in [-0.3, -0.25) is 4.79 Å². The Labute approximate surface area is 357 Å². The van der Waals surface area contributed by atoms with Crippen LogP contribution in [0.1, 0.15) is 190 Å². The normalized spacial score (nSPS) is 46.1. The van der Waals surface area contributed by atoms with Crippen molar-refractivity contribution in [1.29, 1.82) is 0 Å². The molecule has 10 aliphatic rings. The van der Waals surface area contributed by atoms with Gasteiger partial charge in [0.25, 0.3) is 0 Å². The lowest BCUT2D eigenvalue weighted by Gasteiger charge is -2.61. The van der Waals surface area contributed by atoms with Crippen LogP contribution >= 0.6 is 0 Å². The molecule has 16 atom stereocenters. The number of carbonyl (C=O) groups excluding carboxylic acids is 1. The van der Waals surface area contributed by atoms with Crippen LogP contribution in [-0.4, -0.2) is 60.0 Å². The van der Waals surface area contributed by atoms with E-state index in [1.54, 1.807) is 0 Å². The minimum atomic E-state index is -0.830. The Bertz CT molecular complexity index is 1330. The van der Waals surface area contributed by atoms with Gasteiger partial charge in [-0.15, -0.1) is 0 Å². The third-order valence-corrected chi connectivity index (χ3v) is 17.5. The van der Waals surface area contributed by atoms with Crippen LogP contribution in [0.3, 0.4) is 0 Å². The molecule has 0 aromatic carbocycles. The summed E-state index contributed by atoms with van der Waals surface area (Å²) in [5, 5.41) is 3.42. The first kappa shape index (κ1) is 44.7. The molecule has 8 saturated heterocycles. The van der Waals surface area contributed by atoms with E-state index in [0.29, 0.717) is 43.1 Å². The molecule has 10 rings (SSSR count). The monoisotopic (exact) mass is 830 g/mol. The first-order valence-corrected chi connectivity index (χ1v) is 25.0. The molecule has 0 aromatic rings. The number of nitrogens with one attached hydrogen (secondary N) is 1. The lowest BCUT2D eigenvalue weighted by Crippen LogP contribution is -2.70. The molecule has 0 radical (unpaired) electrons. The van der Waals surface area contributed by atoms with Crippen molar-refractivity contribution in [1.82, 2.24) is 5.32 Å². The van der Waals surface area contributed by atoms with Gasteiger partial charge in [0.15, 0.2) is 23.8 Å². The fraction of sp³-hybridized carbons (Fsp3) is 0.980. The molecule has 0 unspecified atom stereocenters. The van der Waals surface area contributed by atoms with E-state index in [1.807, 2.05) is 13.8 Å². The molecule has 1 amide bonds. The topological polar surface area (TPSA) is 103 Å². The molecular weight excluding hydrogens is 747 g/mol. The molecule has 2 saturated carbocycles. The van der Waals surface area contributed by atoms with Gasteiger partial charge in [0.05, 0.1) is 12.2 Å². The van der Waals surface area contributed by atoms with E-state index in [4.69, 9.17) is 38.5 Å². The molecule has 1 N–H and O–H groups in total. The van der Waals surface area contributed by atoms with Gasteiger partial charge in [-0.1, -0.05) is 106 Å². The highest BCUT2D eigenvalue weighted by Crippen LogP contribution is 2.63. The Balaban J connectivity index is 0.935. The Kier molecular flexibility index (Phi) is 13.9. The van der Waals surface area contributed by atoms with E-state index < -0.39 is 35.4 Å². The summed E-state index contributed by atoms with van der Waals surface area (Å²) < 4.78 is 27.7. The van der Waals surface area contributed by atoms with Gasteiger partial charge < -0.3 is 24.3 Å². The van der Waals surface area contributed by atoms with Crippen molar-refractivity contribution in [3.63, 3.8) is 0 Å². The van der Waals surface area contributed by atoms with Crippen LogP contribution in [0.2, 0.25) is 0 Å². The van der Waals surface area contributed by atoms with Crippen LogP contribution in [0.5, 0.6) is 0 Å². The first-order chi connectivity index (χ1) is 28.3. The van der Waals surface area contributed by atoms with Gasteiger partial charge in [-0.25, -0.2) is 19.6 Å². The molecule has 10 heteroatoms. The van der Waals surface area contributed by atoms with E-state index in [2.05, 4.69) is 46.9 Å². The van der Waals surface area contributed by atoms with E-state index in [0.717, 1.165) is 70.1 Å². The fourth-order valence-corrected chi connectivity index (χ4v) is 13.8. The van der Waals surface area contributed by atoms with Gasteiger partial charge in [-0.2, -0.15) is 0 Å². The number of ether oxygens (including phenoxy) is 4. The number of hydrogen-bond donors (Lipinski definition) is 1. The maximum absolute atomic E-state index is 14.6. The SMILES string of the molecule is CC(C)CCCCCCCCCCCCNC(=O)C(C[C@H]1O[C@@H]2O[C@]3(C)CC[C@H]4[C@H](C)CC[C@@H]([C@H]1C)[C@@]24OO3)C[C@H]1O[C@@H]2O[C@]3(C)CC[C@H]4[C@H](C)CC[C@@H]([C@H]1C)[C@@]24OO3. The van der Waals surface area contributed by atoms with E-state index >= 15 is 0 Å². The zero-order valence-corrected chi connectivity index (χ0v) is 38.3. The van der Waals surface area contributed by atoms with Crippen LogP contribution in [-0.2, 0) is 43.3 Å². The third-order valence-electron chi connectivity index (χ3n) is 17.5. The molecule has 2 spiro atoms. The Morgan fingerprint density at radius 1 is 0.576 bits per heavy atom. The average molecular weight is 830 g/mol. The molecule has 2 aliphatic carbocycles. The molecule has 0 aromatic heterocycles. The Hall–Kier alpha value is -0.850. The van der Waals surface area contributed by atoms with Crippen molar-refractivity contribution in [3.05, 3.63) is 0 Å². The summed E-state index contributed by atoms with van der Waals surface area (Å²) in [5.74, 6) is 1.42. The zero-order valence-electron chi connectivity index (χ0n) is 38.3. The summed E-state index contributed by atoms with van der Waals surface area (Å²) in [6, 6.07) is 0. The number of unbranched alkanes of at least 4 members (excludes halogenated alkanes) is 9. The summed E-state index contributed by atoms with van der Waals surface area (Å²) in [4.78, 5) is 39.8. The Morgan fingerprint density at radius 2 is 1.02 bits per heavy atom. The van der Waals surface area contributed by atoms with E-state index in [1.165, 1.54) is 57.8 Å². The summed E-state index contributed by atoms with van der Waals surface area (Å²) in [7, 11) is 0. The zero-order chi connectivity index (χ0) is 41.6.